The number of benzene rings is 3. The first-order valence-corrected chi connectivity index (χ1v) is 10.8. The highest BCUT2D eigenvalue weighted by Crippen LogP contribution is 2.27. The van der Waals surface area contributed by atoms with Crippen molar-refractivity contribution < 1.29 is 21.1 Å². The zero-order chi connectivity index (χ0) is 19.5. The Labute approximate surface area is 158 Å². The molecule has 0 radical (unpaired) electrons. The summed E-state index contributed by atoms with van der Waals surface area (Å²) in [5, 5.41) is 0. The first-order valence-electron chi connectivity index (χ1n) is 7.97. The van der Waals surface area contributed by atoms with E-state index in [1.165, 1.54) is 48.5 Å². The van der Waals surface area contributed by atoms with Gasteiger partial charge in [-0.1, -0.05) is 54.1 Å². The lowest BCUT2D eigenvalue weighted by molar-refractivity contribution is 0.335. The molecule has 6 nitrogen and oxygen atoms in total. The molecule has 140 valence electrons. The highest BCUT2D eigenvalue weighted by molar-refractivity contribution is 7.94. The van der Waals surface area contributed by atoms with Crippen molar-refractivity contribution in [1.82, 2.24) is 0 Å². The van der Waals surface area contributed by atoms with Crippen molar-refractivity contribution in [3.05, 3.63) is 90.5 Å². The van der Waals surface area contributed by atoms with Crippen molar-refractivity contribution in [2.24, 2.45) is 0 Å². The van der Waals surface area contributed by atoms with Gasteiger partial charge in [-0.2, -0.15) is 16.8 Å². The van der Waals surface area contributed by atoms with Crippen LogP contribution in [0.25, 0.3) is 0 Å². The van der Waals surface area contributed by atoms with E-state index in [0.717, 1.165) is 5.56 Å². The summed E-state index contributed by atoms with van der Waals surface area (Å²) < 4.78 is 56.9. The normalized spacial score (nSPS) is 11.9. The predicted molar refractivity (Wildman–Crippen MR) is 102 cm³/mol. The number of anilines is 1. The Bertz CT molecular complexity index is 1110. The van der Waals surface area contributed by atoms with Gasteiger partial charge in [-0.05, 0) is 43.3 Å². The zero-order valence-corrected chi connectivity index (χ0v) is 16.0. The Balaban J connectivity index is 2.09. The molecule has 0 bridgehead atoms. The van der Waals surface area contributed by atoms with Crippen molar-refractivity contribution in [3.63, 3.8) is 0 Å². The number of nitrogens with zero attached hydrogens (tertiary/aromatic N) is 1. The number of rotatable bonds is 6. The largest absolute Gasteiger partial charge is 0.318 e. The molecule has 0 spiro atoms. The van der Waals surface area contributed by atoms with Gasteiger partial charge in [0.15, 0.2) is 0 Å². The summed E-state index contributed by atoms with van der Waals surface area (Å²) in [6, 6.07) is 21.2. The summed E-state index contributed by atoms with van der Waals surface area (Å²) in [6.45, 7) is 1.82. The average molecular weight is 403 g/mol. The van der Waals surface area contributed by atoms with E-state index in [4.69, 9.17) is 4.28 Å². The van der Waals surface area contributed by atoms with Crippen LogP contribution in [0.4, 0.5) is 5.69 Å². The third kappa shape index (κ3) is 4.19. The molecule has 0 saturated carbocycles. The van der Waals surface area contributed by atoms with Crippen molar-refractivity contribution >= 4 is 25.8 Å². The van der Waals surface area contributed by atoms with E-state index in [1.807, 2.05) is 6.92 Å². The molecule has 27 heavy (non-hydrogen) atoms. The highest BCUT2D eigenvalue weighted by atomic mass is 32.2. The Morgan fingerprint density at radius 2 is 1.19 bits per heavy atom. The van der Waals surface area contributed by atoms with Gasteiger partial charge in [0.2, 0.25) is 0 Å². The van der Waals surface area contributed by atoms with Gasteiger partial charge in [-0.15, -0.1) is 8.75 Å². The first kappa shape index (κ1) is 19.1. The number of hydrogen-bond acceptors (Lipinski definition) is 5. The predicted octanol–water partition coefficient (Wildman–Crippen LogP) is 3.51. The molecule has 0 aliphatic heterocycles. The summed E-state index contributed by atoms with van der Waals surface area (Å²) >= 11 is 0. The van der Waals surface area contributed by atoms with Gasteiger partial charge >= 0.3 is 10.1 Å². The Morgan fingerprint density at radius 1 is 0.667 bits per heavy atom. The van der Waals surface area contributed by atoms with Crippen LogP contribution in [0.2, 0.25) is 0 Å². The van der Waals surface area contributed by atoms with Crippen LogP contribution in [0.15, 0.2) is 94.7 Å². The van der Waals surface area contributed by atoms with Gasteiger partial charge in [-0.25, -0.2) is 0 Å². The highest BCUT2D eigenvalue weighted by Gasteiger charge is 2.32. The van der Waals surface area contributed by atoms with E-state index < -0.39 is 20.1 Å². The minimum atomic E-state index is -4.36. The Kier molecular flexibility index (Phi) is 5.31. The standard InChI is InChI=1S/C19H17NO5S2/c1-16-12-14-18(15-13-16)26(21,22)20(17-8-4-2-5-9-17)25-27(23,24)19-10-6-3-7-11-19/h2-15H,1H3. The fourth-order valence-corrected chi connectivity index (χ4v) is 4.77. The second-order valence-corrected chi connectivity index (χ2v) is 9.00. The summed E-state index contributed by atoms with van der Waals surface area (Å²) in [7, 11) is -8.64. The molecule has 0 unspecified atom stereocenters. The smallest absolute Gasteiger partial charge is 0.199 e. The molecule has 0 fully saturated rings. The van der Waals surface area contributed by atoms with Crippen molar-refractivity contribution in [3.8, 4) is 0 Å². The number of sulfonamides is 1. The van der Waals surface area contributed by atoms with Gasteiger partial charge in [0, 0.05) is 0 Å². The SMILES string of the molecule is Cc1ccc(S(=O)(=O)N(OS(=O)(=O)c2ccccc2)c2ccccc2)cc1. The molecule has 3 aromatic rings. The molecule has 0 heterocycles. The van der Waals surface area contributed by atoms with Crippen LogP contribution in [-0.4, -0.2) is 16.8 Å². The summed E-state index contributed by atoms with van der Waals surface area (Å²) in [5.41, 5.74) is 0.940. The second kappa shape index (κ2) is 7.51. The quantitative estimate of drug-likeness (QED) is 0.589. The molecule has 3 aromatic carbocycles. The Hall–Kier alpha value is -2.68. The fraction of sp³-hybridized carbons (Fsp3) is 0.0526. The number of hydrogen-bond donors (Lipinski definition) is 0. The molecule has 8 heteroatoms. The van der Waals surface area contributed by atoms with Crippen molar-refractivity contribution in [1.29, 1.82) is 0 Å². The topological polar surface area (TPSA) is 80.8 Å². The minimum Gasteiger partial charge on any atom is -0.199 e. The molecule has 0 amide bonds. The van der Waals surface area contributed by atoms with E-state index in [2.05, 4.69) is 0 Å². The third-order valence-corrected chi connectivity index (χ3v) is 6.58. The molecule has 0 N–H and O–H groups in total. The van der Waals surface area contributed by atoms with Crippen LogP contribution >= 0.6 is 0 Å². The van der Waals surface area contributed by atoms with Crippen LogP contribution in [0.3, 0.4) is 0 Å². The Morgan fingerprint density at radius 3 is 1.74 bits per heavy atom. The van der Waals surface area contributed by atoms with Crippen LogP contribution in [0.5, 0.6) is 0 Å². The van der Waals surface area contributed by atoms with Gasteiger partial charge in [0.05, 0.1) is 15.5 Å². The summed E-state index contributed by atoms with van der Waals surface area (Å²) in [4.78, 5) is -0.231. The van der Waals surface area contributed by atoms with E-state index in [0.29, 0.717) is 4.47 Å². The van der Waals surface area contributed by atoms with Gasteiger partial charge in [-0.3, -0.25) is 0 Å². The summed E-state index contributed by atoms with van der Waals surface area (Å²) in [5.74, 6) is 0. The maximum Gasteiger partial charge on any atom is 0.318 e. The molecule has 0 atom stereocenters. The molecular formula is C19H17NO5S2. The lowest BCUT2D eigenvalue weighted by Crippen LogP contribution is -2.33. The van der Waals surface area contributed by atoms with Crippen molar-refractivity contribution in [2.45, 2.75) is 16.7 Å². The second-order valence-electron chi connectivity index (χ2n) is 5.72. The molecule has 0 aromatic heterocycles. The molecule has 0 saturated heterocycles. The van der Waals surface area contributed by atoms with E-state index >= 15 is 0 Å². The molecule has 0 aliphatic rings. The van der Waals surface area contributed by atoms with E-state index in [1.54, 1.807) is 36.4 Å². The van der Waals surface area contributed by atoms with E-state index in [-0.39, 0.29) is 15.5 Å². The minimum absolute atomic E-state index is 0.0672. The van der Waals surface area contributed by atoms with Crippen LogP contribution in [-0.2, 0) is 24.4 Å². The lowest BCUT2D eigenvalue weighted by atomic mass is 10.2. The monoisotopic (exact) mass is 403 g/mol. The third-order valence-electron chi connectivity index (χ3n) is 3.70. The molecule has 0 aliphatic carbocycles. The number of para-hydroxylation sites is 1. The van der Waals surface area contributed by atoms with Gasteiger partial charge in [0.1, 0.15) is 0 Å². The number of aryl methyl sites for hydroxylation is 1. The van der Waals surface area contributed by atoms with E-state index in [9.17, 15) is 16.8 Å². The maximum absolute atomic E-state index is 13.1. The first-order chi connectivity index (χ1) is 12.8. The molecule has 3 rings (SSSR count). The zero-order valence-electron chi connectivity index (χ0n) is 14.4. The van der Waals surface area contributed by atoms with Crippen LogP contribution in [0, 0.1) is 6.92 Å². The van der Waals surface area contributed by atoms with Crippen LogP contribution in [0.1, 0.15) is 5.56 Å². The fourth-order valence-electron chi connectivity index (χ4n) is 2.30. The molecular weight excluding hydrogens is 386 g/mol. The lowest BCUT2D eigenvalue weighted by Gasteiger charge is -2.22. The van der Waals surface area contributed by atoms with Gasteiger partial charge in [0.25, 0.3) is 10.0 Å². The summed E-state index contributed by atoms with van der Waals surface area (Å²) in [6.07, 6.45) is 0. The van der Waals surface area contributed by atoms with Crippen LogP contribution < -0.4 is 4.47 Å². The average Bonchev–Trinajstić information content (AvgIpc) is 2.68. The maximum atomic E-state index is 13.1. The van der Waals surface area contributed by atoms with Crippen molar-refractivity contribution in [2.75, 3.05) is 4.47 Å². The van der Waals surface area contributed by atoms with Gasteiger partial charge < -0.3 is 0 Å².